The fourth-order valence-electron chi connectivity index (χ4n) is 3.53. The summed E-state index contributed by atoms with van der Waals surface area (Å²) in [7, 11) is 0. The summed E-state index contributed by atoms with van der Waals surface area (Å²) in [5, 5.41) is 5.02. The maximum absolute atomic E-state index is 13.0. The summed E-state index contributed by atoms with van der Waals surface area (Å²) < 4.78 is 24.8. The van der Waals surface area contributed by atoms with Crippen LogP contribution in [-0.2, 0) is 17.9 Å². The second-order valence-electron chi connectivity index (χ2n) is 7.77. The SMILES string of the molecule is CC[C@@H](Oc1cccc2ccccc12)C(=O)NCc1ccc(OCc2ccc(F)cc2)cc1. The summed E-state index contributed by atoms with van der Waals surface area (Å²) in [5.41, 5.74) is 1.85. The molecule has 0 saturated carbocycles. The van der Waals surface area contributed by atoms with Crippen molar-refractivity contribution < 1.29 is 18.7 Å². The van der Waals surface area contributed by atoms with Gasteiger partial charge in [-0.2, -0.15) is 0 Å². The number of benzene rings is 4. The highest BCUT2D eigenvalue weighted by Gasteiger charge is 2.19. The van der Waals surface area contributed by atoms with Crippen LogP contribution >= 0.6 is 0 Å². The fourth-order valence-corrected chi connectivity index (χ4v) is 3.53. The van der Waals surface area contributed by atoms with Crippen LogP contribution in [0.1, 0.15) is 24.5 Å². The van der Waals surface area contributed by atoms with Crippen molar-refractivity contribution in [3.8, 4) is 11.5 Å². The molecule has 0 radical (unpaired) electrons. The standard InChI is InChI=1S/C28H26FNO3/c1-2-26(33-27-9-5-7-22-6-3-4-8-25(22)27)28(31)30-18-20-12-16-24(17-13-20)32-19-21-10-14-23(29)15-11-21/h3-17,26H,2,18-19H2,1H3,(H,30,31)/t26-/m1/s1. The third kappa shape index (κ3) is 5.89. The molecule has 4 aromatic rings. The van der Waals surface area contributed by atoms with E-state index in [1.807, 2.05) is 73.7 Å². The molecule has 1 amide bonds. The van der Waals surface area contributed by atoms with E-state index < -0.39 is 6.10 Å². The number of rotatable bonds is 9. The summed E-state index contributed by atoms with van der Waals surface area (Å²) in [6.45, 7) is 2.69. The van der Waals surface area contributed by atoms with E-state index >= 15 is 0 Å². The molecule has 4 nitrogen and oxygen atoms in total. The van der Waals surface area contributed by atoms with E-state index in [0.717, 1.165) is 21.9 Å². The van der Waals surface area contributed by atoms with Gasteiger partial charge >= 0.3 is 0 Å². The van der Waals surface area contributed by atoms with E-state index in [1.54, 1.807) is 12.1 Å². The molecule has 0 saturated heterocycles. The smallest absolute Gasteiger partial charge is 0.261 e. The van der Waals surface area contributed by atoms with Crippen LogP contribution in [0.15, 0.2) is 91.0 Å². The van der Waals surface area contributed by atoms with E-state index in [4.69, 9.17) is 9.47 Å². The molecule has 4 rings (SSSR count). The Labute approximate surface area is 193 Å². The number of hydrogen-bond donors (Lipinski definition) is 1. The first-order valence-electron chi connectivity index (χ1n) is 11.0. The van der Waals surface area contributed by atoms with Gasteiger partial charge in [-0.25, -0.2) is 4.39 Å². The van der Waals surface area contributed by atoms with Crippen molar-refractivity contribution in [1.29, 1.82) is 0 Å². The van der Waals surface area contributed by atoms with Gasteiger partial charge in [-0.3, -0.25) is 4.79 Å². The highest BCUT2D eigenvalue weighted by Crippen LogP contribution is 2.26. The van der Waals surface area contributed by atoms with Gasteiger partial charge in [0.2, 0.25) is 0 Å². The Bertz CT molecular complexity index is 1200. The molecule has 0 unspecified atom stereocenters. The largest absolute Gasteiger partial charge is 0.489 e. The Morgan fingerprint density at radius 1 is 0.879 bits per heavy atom. The number of hydrogen-bond acceptors (Lipinski definition) is 3. The van der Waals surface area contributed by atoms with Gasteiger partial charge in [-0.05, 0) is 53.3 Å². The number of nitrogens with one attached hydrogen (secondary N) is 1. The summed E-state index contributed by atoms with van der Waals surface area (Å²) in [5.74, 6) is 0.998. The number of carbonyl (C=O) groups excluding carboxylic acids is 1. The maximum atomic E-state index is 13.0. The number of carbonyl (C=O) groups is 1. The first-order chi connectivity index (χ1) is 16.1. The van der Waals surface area contributed by atoms with Crippen LogP contribution in [0.3, 0.4) is 0 Å². The summed E-state index contributed by atoms with van der Waals surface area (Å²) in [6, 6.07) is 27.6. The molecule has 4 aromatic carbocycles. The van der Waals surface area contributed by atoms with Crippen LogP contribution < -0.4 is 14.8 Å². The average Bonchev–Trinajstić information content (AvgIpc) is 2.86. The van der Waals surface area contributed by atoms with Gasteiger partial charge in [0, 0.05) is 11.9 Å². The lowest BCUT2D eigenvalue weighted by atomic mass is 10.1. The molecule has 5 heteroatoms. The Kier molecular flexibility index (Phi) is 7.20. The zero-order valence-corrected chi connectivity index (χ0v) is 18.5. The van der Waals surface area contributed by atoms with Crippen molar-refractivity contribution in [2.24, 2.45) is 0 Å². The third-order valence-electron chi connectivity index (χ3n) is 5.39. The normalized spacial score (nSPS) is 11.7. The Hall–Kier alpha value is -3.86. The van der Waals surface area contributed by atoms with Gasteiger partial charge in [0.25, 0.3) is 5.91 Å². The minimum atomic E-state index is -0.575. The van der Waals surface area contributed by atoms with Crippen LogP contribution in [0.2, 0.25) is 0 Å². The molecule has 0 aliphatic carbocycles. The Morgan fingerprint density at radius 2 is 1.58 bits per heavy atom. The van der Waals surface area contributed by atoms with E-state index in [-0.39, 0.29) is 11.7 Å². The lowest BCUT2D eigenvalue weighted by Gasteiger charge is -2.18. The van der Waals surface area contributed by atoms with Gasteiger partial charge in [0.15, 0.2) is 6.10 Å². The van der Waals surface area contributed by atoms with Crippen molar-refractivity contribution in [2.75, 3.05) is 0 Å². The van der Waals surface area contributed by atoms with Crippen LogP contribution in [0.4, 0.5) is 4.39 Å². The quantitative estimate of drug-likeness (QED) is 0.344. The summed E-state index contributed by atoms with van der Waals surface area (Å²) in [4.78, 5) is 12.8. The molecular formula is C28H26FNO3. The predicted octanol–water partition coefficient (Wildman–Crippen LogP) is 6.03. The Balaban J connectivity index is 1.31. The van der Waals surface area contributed by atoms with Crippen LogP contribution in [0, 0.1) is 5.82 Å². The minimum Gasteiger partial charge on any atom is -0.489 e. The second kappa shape index (κ2) is 10.6. The molecule has 1 atom stereocenters. The number of ether oxygens (including phenoxy) is 2. The van der Waals surface area contributed by atoms with Crippen molar-refractivity contribution in [1.82, 2.24) is 5.32 Å². The molecular weight excluding hydrogens is 417 g/mol. The molecule has 0 aliphatic rings. The fraction of sp³-hybridized carbons (Fsp3) is 0.179. The maximum Gasteiger partial charge on any atom is 0.261 e. The van der Waals surface area contributed by atoms with Gasteiger partial charge in [-0.15, -0.1) is 0 Å². The lowest BCUT2D eigenvalue weighted by molar-refractivity contribution is -0.128. The first-order valence-corrected chi connectivity index (χ1v) is 11.0. The van der Waals surface area contributed by atoms with E-state index in [0.29, 0.717) is 31.1 Å². The predicted molar refractivity (Wildman–Crippen MR) is 128 cm³/mol. The highest BCUT2D eigenvalue weighted by atomic mass is 19.1. The van der Waals surface area contributed by atoms with Crippen LogP contribution in [0.5, 0.6) is 11.5 Å². The average molecular weight is 444 g/mol. The van der Waals surface area contributed by atoms with Gasteiger partial charge in [0.05, 0.1) is 0 Å². The van der Waals surface area contributed by atoms with Crippen molar-refractivity contribution >= 4 is 16.7 Å². The monoisotopic (exact) mass is 443 g/mol. The minimum absolute atomic E-state index is 0.151. The zero-order chi connectivity index (χ0) is 23.0. The number of amides is 1. The number of fused-ring (bicyclic) bond motifs is 1. The molecule has 0 heterocycles. The van der Waals surface area contributed by atoms with Gasteiger partial charge in [0.1, 0.15) is 23.9 Å². The Morgan fingerprint density at radius 3 is 2.33 bits per heavy atom. The molecule has 0 spiro atoms. The van der Waals surface area contributed by atoms with Crippen molar-refractivity contribution in [3.05, 3.63) is 108 Å². The first kappa shape index (κ1) is 22.3. The summed E-state index contributed by atoms with van der Waals surface area (Å²) >= 11 is 0. The van der Waals surface area contributed by atoms with Crippen molar-refractivity contribution in [3.63, 3.8) is 0 Å². The molecule has 1 N–H and O–H groups in total. The van der Waals surface area contributed by atoms with Gasteiger partial charge < -0.3 is 14.8 Å². The van der Waals surface area contributed by atoms with E-state index in [2.05, 4.69) is 5.32 Å². The molecule has 0 bridgehead atoms. The van der Waals surface area contributed by atoms with Crippen LogP contribution in [-0.4, -0.2) is 12.0 Å². The second-order valence-corrected chi connectivity index (χ2v) is 7.77. The number of halogens is 1. The lowest BCUT2D eigenvalue weighted by Crippen LogP contribution is -2.37. The van der Waals surface area contributed by atoms with Crippen LogP contribution in [0.25, 0.3) is 10.8 Å². The highest BCUT2D eigenvalue weighted by molar-refractivity contribution is 5.89. The van der Waals surface area contributed by atoms with E-state index in [9.17, 15) is 9.18 Å². The zero-order valence-electron chi connectivity index (χ0n) is 18.5. The van der Waals surface area contributed by atoms with E-state index in [1.165, 1.54) is 12.1 Å². The van der Waals surface area contributed by atoms with Crippen molar-refractivity contribution in [2.45, 2.75) is 32.6 Å². The molecule has 33 heavy (non-hydrogen) atoms. The third-order valence-corrected chi connectivity index (χ3v) is 5.39. The topological polar surface area (TPSA) is 47.6 Å². The molecule has 168 valence electrons. The molecule has 0 fully saturated rings. The van der Waals surface area contributed by atoms with Gasteiger partial charge in [-0.1, -0.05) is 67.6 Å². The molecule has 0 aliphatic heterocycles. The summed E-state index contributed by atoms with van der Waals surface area (Å²) in [6.07, 6.45) is -0.0142. The molecule has 0 aromatic heterocycles.